The number of anilines is 1. The van der Waals surface area contributed by atoms with Crippen molar-refractivity contribution in [3.8, 4) is 0 Å². The van der Waals surface area contributed by atoms with Crippen LogP contribution in [0.1, 0.15) is 36.0 Å². The standard InChI is InChI=1S/C15H20N2S/c1-3-4-5-15-17-14(11-18-15)10-16-13-8-6-12(2)7-9-13/h6-9,11,16H,3-5,10H2,1-2H3. The summed E-state index contributed by atoms with van der Waals surface area (Å²) in [4.78, 5) is 4.64. The fourth-order valence-electron chi connectivity index (χ4n) is 1.74. The van der Waals surface area contributed by atoms with Crippen LogP contribution in [-0.2, 0) is 13.0 Å². The summed E-state index contributed by atoms with van der Waals surface area (Å²) in [7, 11) is 0. The summed E-state index contributed by atoms with van der Waals surface area (Å²) < 4.78 is 0. The van der Waals surface area contributed by atoms with Gasteiger partial charge in [-0.3, -0.25) is 0 Å². The van der Waals surface area contributed by atoms with E-state index in [1.54, 1.807) is 11.3 Å². The van der Waals surface area contributed by atoms with Crippen LogP contribution in [0.5, 0.6) is 0 Å². The van der Waals surface area contributed by atoms with E-state index in [1.807, 2.05) is 0 Å². The van der Waals surface area contributed by atoms with E-state index in [4.69, 9.17) is 0 Å². The van der Waals surface area contributed by atoms with Crippen molar-refractivity contribution in [2.24, 2.45) is 0 Å². The first kappa shape index (κ1) is 13.1. The minimum absolute atomic E-state index is 0.811. The van der Waals surface area contributed by atoms with Gasteiger partial charge >= 0.3 is 0 Å². The third kappa shape index (κ3) is 3.84. The molecule has 2 aromatic rings. The molecule has 0 amide bonds. The minimum Gasteiger partial charge on any atom is -0.379 e. The predicted octanol–water partition coefficient (Wildman–Crippen LogP) is 4.41. The Morgan fingerprint density at radius 1 is 1.22 bits per heavy atom. The number of rotatable bonds is 6. The maximum atomic E-state index is 4.64. The van der Waals surface area contributed by atoms with E-state index in [0.29, 0.717) is 0 Å². The summed E-state index contributed by atoms with van der Waals surface area (Å²) in [5.74, 6) is 0. The van der Waals surface area contributed by atoms with Crippen LogP contribution < -0.4 is 5.32 Å². The molecule has 0 aliphatic heterocycles. The molecule has 2 rings (SSSR count). The number of aryl methyl sites for hydroxylation is 2. The highest BCUT2D eigenvalue weighted by Crippen LogP contribution is 2.15. The van der Waals surface area contributed by atoms with Crippen molar-refractivity contribution in [2.45, 2.75) is 39.7 Å². The van der Waals surface area contributed by atoms with E-state index in [2.05, 4.69) is 53.8 Å². The number of nitrogens with one attached hydrogen (secondary N) is 1. The lowest BCUT2D eigenvalue weighted by molar-refractivity contribution is 0.786. The molecule has 1 N–H and O–H groups in total. The van der Waals surface area contributed by atoms with Crippen LogP contribution in [0.15, 0.2) is 29.6 Å². The molecule has 0 aliphatic carbocycles. The Bertz CT molecular complexity index is 473. The highest BCUT2D eigenvalue weighted by atomic mass is 32.1. The summed E-state index contributed by atoms with van der Waals surface area (Å²) >= 11 is 1.78. The topological polar surface area (TPSA) is 24.9 Å². The van der Waals surface area contributed by atoms with Gasteiger partial charge in [0.25, 0.3) is 0 Å². The SMILES string of the molecule is CCCCc1nc(CNc2ccc(C)cc2)cs1. The van der Waals surface area contributed by atoms with E-state index < -0.39 is 0 Å². The van der Waals surface area contributed by atoms with Crippen LogP contribution in [0, 0.1) is 6.92 Å². The Hall–Kier alpha value is -1.35. The van der Waals surface area contributed by atoms with Gasteiger partial charge < -0.3 is 5.32 Å². The number of benzene rings is 1. The smallest absolute Gasteiger partial charge is 0.0929 e. The van der Waals surface area contributed by atoms with E-state index in [0.717, 1.165) is 24.3 Å². The van der Waals surface area contributed by atoms with Crippen molar-refractivity contribution in [3.63, 3.8) is 0 Å². The number of hydrogen-bond acceptors (Lipinski definition) is 3. The van der Waals surface area contributed by atoms with Gasteiger partial charge in [0.1, 0.15) is 0 Å². The normalized spacial score (nSPS) is 10.6. The van der Waals surface area contributed by atoms with Gasteiger partial charge in [0.2, 0.25) is 0 Å². The summed E-state index contributed by atoms with van der Waals surface area (Å²) in [5, 5.41) is 6.82. The lowest BCUT2D eigenvalue weighted by Gasteiger charge is -2.04. The van der Waals surface area contributed by atoms with Gasteiger partial charge in [-0.25, -0.2) is 4.98 Å². The Morgan fingerprint density at radius 3 is 2.72 bits per heavy atom. The van der Waals surface area contributed by atoms with Crippen LogP contribution in [0.3, 0.4) is 0 Å². The van der Waals surface area contributed by atoms with Gasteiger partial charge in [-0.1, -0.05) is 31.0 Å². The first-order valence-corrected chi connectivity index (χ1v) is 7.39. The molecule has 1 aromatic carbocycles. The summed E-state index contributed by atoms with van der Waals surface area (Å²) in [6.07, 6.45) is 3.58. The molecule has 0 saturated carbocycles. The van der Waals surface area contributed by atoms with E-state index >= 15 is 0 Å². The zero-order chi connectivity index (χ0) is 12.8. The third-order valence-corrected chi connectivity index (χ3v) is 3.83. The Morgan fingerprint density at radius 2 is 2.00 bits per heavy atom. The van der Waals surface area contributed by atoms with Crippen molar-refractivity contribution in [2.75, 3.05) is 5.32 Å². The maximum Gasteiger partial charge on any atom is 0.0929 e. The molecule has 1 aromatic heterocycles. The van der Waals surface area contributed by atoms with Crippen molar-refractivity contribution in [1.82, 2.24) is 4.98 Å². The van der Waals surface area contributed by atoms with Crippen molar-refractivity contribution in [3.05, 3.63) is 45.9 Å². The van der Waals surface area contributed by atoms with E-state index in [9.17, 15) is 0 Å². The predicted molar refractivity (Wildman–Crippen MR) is 79.2 cm³/mol. The molecule has 0 unspecified atom stereocenters. The average Bonchev–Trinajstić information content (AvgIpc) is 2.84. The monoisotopic (exact) mass is 260 g/mol. The molecule has 0 atom stereocenters. The molecule has 0 saturated heterocycles. The molecule has 0 spiro atoms. The number of nitrogens with zero attached hydrogens (tertiary/aromatic N) is 1. The summed E-state index contributed by atoms with van der Waals surface area (Å²) in [6, 6.07) is 8.46. The molecule has 0 fully saturated rings. The Labute approximate surface area is 113 Å². The van der Waals surface area contributed by atoms with Gasteiger partial charge in [0, 0.05) is 11.1 Å². The van der Waals surface area contributed by atoms with Crippen molar-refractivity contribution in [1.29, 1.82) is 0 Å². The zero-order valence-corrected chi connectivity index (χ0v) is 11.9. The first-order chi connectivity index (χ1) is 8.78. The molecule has 0 bridgehead atoms. The second-order valence-corrected chi connectivity index (χ2v) is 5.50. The highest BCUT2D eigenvalue weighted by molar-refractivity contribution is 7.09. The number of hydrogen-bond donors (Lipinski definition) is 1. The molecule has 1 heterocycles. The minimum atomic E-state index is 0.811. The second kappa shape index (κ2) is 6.55. The lowest BCUT2D eigenvalue weighted by atomic mass is 10.2. The molecule has 2 nitrogen and oxygen atoms in total. The van der Waals surface area contributed by atoms with Crippen LogP contribution >= 0.6 is 11.3 Å². The Kier molecular flexibility index (Phi) is 4.76. The van der Waals surface area contributed by atoms with Crippen LogP contribution in [0.2, 0.25) is 0 Å². The molecular formula is C15H20N2S. The van der Waals surface area contributed by atoms with Crippen LogP contribution in [0.25, 0.3) is 0 Å². The van der Waals surface area contributed by atoms with E-state index in [1.165, 1.54) is 23.4 Å². The zero-order valence-electron chi connectivity index (χ0n) is 11.1. The Balaban J connectivity index is 1.86. The molecule has 3 heteroatoms. The summed E-state index contributed by atoms with van der Waals surface area (Å²) in [5.41, 5.74) is 3.59. The third-order valence-electron chi connectivity index (χ3n) is 2.87. The van der Waals surface area contributed by atoms with Crippen LogP contribution in [-0.4, -0.2) is 4.98 Å². The average molecular weight is 260 g/mol. The van der Waals surface area contributed by atoms with Crippen molar-refractivity contribution >= 4 is 17.0 Å². The van der Waals surface area contributed by atoms with E-state index in [-0.39, 0.29) is 0 Å². The highest BCUT2D eigenvalue weighted by Gasteiger charge is 2.01. The lowest BCUT2D eigenvalue weighted by Crippen LogP contribution is -1.99. The quantitative estimate of drug-likeness (QED) is 0.832. The van der Waals surface area contributed by atoms with Gasteiger partial charge in [0.05, 0.1) is 17.2 Å². The fourth-order valence-corrected chi connectivity index (χ4v) is 2.58. The number of aromatic nitrogens is 1. The van der Waals surface area contributed by atoms with Gasteiger partial charge in [-0.2, -0.15) is 0 Å². The fraction of sp³-hybridized carbons (Fsp3) is 0.400. The van der Waals surface area contributed by atoms with Gasteiger partial charge in [0.15, 0.2) is 0 Å². The molecule has 0 aliphatic rings. The number of unbranched alkanes of at least 4 members (excludes halogenated alkanes) is 1. The first-order valence-electron chi connectivity index (χ1n) is 6.51. The summed E-state index contributed by atoms with van der Waals surface area (Å²) in [6.45, 7) is 5.13. The molecule has 18 heavy (non-hydrogen) atoms. The molecular weight excluding hydrogens is 240 g/mol. The molecule has 96 valence electrons. The van der Waals surface area contributed by atoms with Gasteiger partial charge in [-0.05, 0) is 31.9 Å². The maximum absolute atomic E-state index is 4.64. The largest absolute Gasteiger partial charge is 0.379 e. The second-order valence-electron chi connectivity index (χ2n) is 4.56. The molecule has 0 radical (unpaired) electrons. The van der Waals surface area contributed by atoms with Crippen LogP contribution in [0.4, 0.5) is 5.69 Å². The number of thiazole rings is 1. The van der Waals surface area contributed by atoms with Gasteiger partial charge in [-0.15, -0.1) is 11.3 Å². The van der Waals surface area contributed by atoms with Crippen molar-refractivity contribution < 1.29 is 0 Å².